The van der Waals surface area contributed by atoms with Crippen molar-refractivity contribution in [3.8, 4) is 0 Å². The Labute approximate surface area is 164 Å². The predicted octanol–water partition coefficient (Wildman–Crippen LogP) is 4.87. The lowest BCUT2D eigenvalue weighted by Crippen LogP contribution is -2.33. The van der Waals surface area contributed by atoms with Gasteiger partial charge >= 0.3 is 19.5 Å². The number of carbonyl (C=O) groups excluding carboxylic acids is 2. The summed E-state index contributed by atoms with van der Waals surface area (Å²) < 4.78 is 33.6. The smallest absolute Gasteiger partial charge is 0.345 e. The monoisotopic (exact) mass is 408 g/mol. The fourth-order valence-electron chi connectivity index (χ4n) is 2.75. The number of esters is 2. The number of hydrogen-bond donors (Lipinski definition) is 0. The van der Waals surface area contributed by atoms with E-state index in [0.29, 0.717) is 0 Å². The van der Waals surface area contributed by atoms with Crippen LogP contribution in [0.3, 0.4) is 0 Å². The van der Waals surface area contributed by atoms with Crippen LogP contribution in [-0.4, -0.2) is 43.5 Å². The Balaban J connectivity index is 4.94. The van der Waals surface area contributed by atoms with E-state index in [4.69, 9.17) is 18.5 Å². The molecule has 1 atom stereocenters. The van der Waals surface area contributed by atoms with Gasteiger partial charge in [0.2, 0.25) is 0 Å². The third-order valence-electron chi connectivity index (χ3n) is 4.11. The standard InChI is InChI=1S/C19H37O7P/c1-7-10-11-12-13-14-19(4,5)26-17(20)15-16(18(21)23-6)27(22,24-8-2)25-9-3/h16H,7-15H2,1-6H3. The Morgan fingerprint density at radius 2 is 1.52 bits per heavy atom. The SMILES string of the molecule is CCCCCCCC(C)(C)OC(=O)CC(C(=O)OC)P(=O)(OCC)OCC. The number of ether oxygens (including phenoxy) is 2. The van der Waals surface area contributed by atoms with E-state index in [2.05, 4.69) is 6.92 Å². The van der Waals surface area contributed by atoms with E-state index in [1.54, 1.807) is 13.8 Å². The van der Waals surface area contributed by atoms with Crippen LogP contribution in [0.1, 0.15) is 79.6 Å². The normalized spacial score (nSPS) is 13.3. The molecule has 0 rings (SSSR count). The lowest BCUT2D eigenvalue weighted by atomic mass is 9.99. The van der Waals surface area contributed by atoms with Crippen molar-refractivity contribution in [1.29, 1.82) is 0 Å². The van der Waals surface area contributed by atoms with Crippen LogP contribution in [-0.2, 0) is 32.7 Å². The van der Waals surface area contributed by atoms with E-state index in [9.17, 15) is 14.2 Å². The first-order chi connectivity index (χ1) is 12.7. The molecule has 0 radical (unpaired) electrons. The molecule has 7 nitrogen and oxygen atoms in total. The maximum Gasteiger partial charge on any atom is 0.345 e. The van der Waals surface area contributed by atoms with E-state index in [0.717, 1.165) is 25.7 Å². The second-order valence-corrected chi connectivity index (χ2v) is 9.24. The van der Waals surface area contributed by atoms with Gasteiger partial charge in [-0.25, -0.2) is 0 Å². The number of methoxy groups -OCH3 is 1. The molecule has 160 valence electrons. The highest BCUT2D eigenvalue weighted by Gasteiger charge is 2.44. The van der Waals surface area contributed by atoms with Crippen molar-refractivity contribution in [2.45, 2.75) is 90.8 Å². The second kappa shape index (κ2) is 13.3. The van der Waals surface area contributed by atoms with Crippen molar-refractivity contribution < 1.29 is 32.7 Å². The molecule has 0 spiro atoms. The Bertz CT molecular complexity index is 480. The van der Waals surface area contributed by atoms with Crippen molar-refractivity contribution >= 4 is 19.5 Å². The van der Waals surface area contributed by atoms with Gasteiger partial charge in [0.25, 0.3) is 0 Å². The summed E-state index contributed by atoms with van der Waals surface area (Å²) in [5.41, 5.74) is -2.00. The number of hydrogen-bond acceptors (Lipinski definition) is 7. The quantitative estimate of drug-likeness (QED) is 0.217. The van der Waals surface area contributed by atoms with E-state index in [1.807, 2.05) is 13.8 Å². The average Bonchev–Trinajstić information content (AvgIpc) is 2.58. The van der Waals surface area contributed by atoms with Crippen LogP contribution in [0.2, 0.25) is 0 Å². The molecule has 0 bridgehead atoms. The molecule has 0 fully saturated rings. The van der Waals surface area contributed by atoms with Gasteiger partial charge in [0.1, 0.15) is 5.60 Å². The third-order valence-corrected chi connectivity index (χ3v) is 6.50. The van der Waals surface area contributed by atoms with Crippen LogP contribution in [0, 0.1) is 0 Å². The molecule has 0 aliphatic rings. The summed E-state index contributed by atoms with van der Waals surface area (Å²) in [4.78, 5) is 24.5. The summed E-state index contributed by atoms with van der Waals surface area (Å²) in [5.74, 6) is -1.43. The molecular formula is C19H37O7P. The van der Waals surface area contributed by atoms with Crippen LogP contribution in [0.25, 0.3) is 0 Å². The van der Waals surface area contributed by atoms with Crippen LogP contribution in [0.4, 0.5) is 0 Å². The minimum absolute atomic E-state index is 0.0864. The van der Waals surface area contributed by atoms with Crippen LogP contribution >= 0.6 is 7.60 Å². The van der Waals surface area contributed by atoms with Crippen LogP contribution < -0.4 is 0 Å². The van der Waals surface area contributed by atoms with E-state index in [-0.39, 0.29) is 13.2 Å². The maximum absolute atomic E-state index is 12.9. The minimum Gasteiger partial charge on any atom is -0.468 e. The van der Waals surface area contributed by atoms with Crippen molar-refractivity contribution in [1.82, 2.24) is 0 Å². The molecule has 0 aromatic heterocycles. The first-order valence-electron chi connectivity index (χ1n) is 9.84. The van der Waals surface area contributed by atoms with E-state index in [1.165, 1.54) is 20.0 Å². The van der Waals surface area contributed by atoms with Crippen LogP contribution in [0.15, 0.2) is 0 Å². The van der Waals surface area contributed by atoms with E-state index < -0.39 is 37.2 Å². The Hall–Kier alpha value is -0.910. The molecule has 0 aromatic carbocycles. The van der Waals surface area contributed by atoms with Crippen molar-refractivity contribution in [3.05, 3.63) is 0 Å². The van der Waals surface area contributed by atoms with Crippen LogP contribution in [0.5, 0.6) is 0 Å². The topological polar surface area (TPSA) is 88.1 Å². The van der Waals surface area contributed by atoms with Gasteiger partial charge in [-0.15, -0.1) is 0 Å². The zero-order valence-corrected chi connectivity index (χ0v) is 18.6. The molecule has 8 heteroatoms. The average molecular weight is 408 g/mol. The molecule has 27 heavy (non-hydrogen) atoms. The highest BCUT2D eigenvalue weighted by Crippen LogP contribution is 2.54. The van der Waals surface area contributed by atoms with Gasteiger partial charge < -0.3 is 18.5 Å². The molecule has 0 aliphatic heterocycles. The lowest BCUT2D eigenvalue weighted by Gasteiger charge is -2.28. The Kier molecular flexibility index (Phi) is 12.8. The first kappa shape index (κ1) is 26.1. The zero-order valence-electron chi connectivity index (χ0n) is 17.7. The van der Waals surface area contributed by atoms with Gasteiger partial charge in [-0.1, -0.05) is 32.6 Å². The highest BCUT2D eigenvalue weighted by molar-refractivity contribution is 7.55. The maximum atomic E-state index is 12.9. The number of rotatable bonds is 15. The molecule has 0 saturated heterocycles. The molecule has 0 N–H and O–H groups in total. The van der Waals surface area contributed by atoms with Crippen molar-refractivity contribution in [2.24, 2.45) is 0 Å². The molecule has 0 heterocycles. The molecule has 1 unspecified atom stereocenters. The zero-order chi connectivity index (χ0) is 20.9. The Morgan fingerprint density at radius 1 is 0.963 bits per heavy atom. The summed E-state index contributed by atoms with van der Waals surface area (Å²) >= 11 is 0. The van der Waals surface area contributed by atoms with Gasteiger partial charge in [0, 0.05) is 0 Å². The largest absolute Gasteiger partial charge is 0.468 e. The predicted molar refractivity (Wildman–Crippen MR) is 105 cm³/mol. The molecule has 0 saturated carbocycles. The summed E-state index contributed by atoms with van der Waals surface area (Å²) in [5, 5.41) is 0. The third kappa shape index (κ3) is 10.3. The fraction of sp³-hybridized carbons (Fsp3) is 0.895. The summed E-state index contributed by atoms with van der Waals surface area (Å²) in [6.07, 6.45) is 5.89. The minimum atomic E-state index is -3.83. The van der Waals surface area contributed by atoms with Gasteiger partial charge in [0.15, 0.2) is 5.66 Å². The molecule has 0 aromatic rings. The summed E-state index contributed by atoms with van der Waals surface area (Å²) in [6, 6.07) is 0. The van der Waals surface area contributed by atoms with Crippen molar-refractivity contribution in [3.63, 3.8) is 0 Å². The van der Waals surface area contributed by atoms with Crippen molar-refractivity contribution in [2.75, 3.05) is 20.3 Å². The first-order valence-corrected chi connectivity index (χ1v) is 11.4. The molecular weight excluding hydrogens is 371 g/mol. The van der Waals surface area contributed by atoms with E-state index >= 15 is 0 Å². The molecule has 0 amide bonds. The van der Waals surface area contributed by atoms with Gasteiger partial charge in [-0.05, 0) is 40.5 Å². The molecule has 0 aliphatic carbocycles. The fourth-order valence-corrected chi connectivity index (χ4v) is 4.64. The Morgan fingerprint density at radius 3 is 2.00 bits per heavy atom. The summed E-state index contributed by atoms with van der Waals surface area (Å²) in [7, 11) is -2.66. The second-order valence-electron chi connectivity index (χ2n) is 7.02. The number of unbranched alkanes of at least 4 members (excludes halogenated alkanes) is 4. The van der Waals surface area contributed by atoms with Gasteiger partial charge in [0.05, 0.1) is 26.7 Å². The summed E-state index contributed by atoms with van der Waals surface area (Å²) in [6.45, 7) is 9.28. The highest BCUT2D eigenvalue weighted by atomic mass is 31.2. The lowest BCUT2D eigenvalue weighted by molar-refractivity contribution is -0.159. The van der Waals surface area contributed by atoms with Gasteiger partial charge in [-0.2, -0.15) is 0 Å². The van der Waals surface area contributed by atoms with Gasteiger partial charge in [-0.3, -0.25) is 14.2 Å². The number of carbonyl (C=O) groups is 2.